The molecule has 0 spiro atoms. The summed E-state index contributed by atoms with van der Waals surface area (Å²) in [6.45, 7) is 8.12. The number of nitrogens with one attached hydrogen (secondary N) is 3. The van der Waals surface area contributed by atoms with Gasteiger partial charge in [0.15, 0.2) is 5.96 Å². The summed E-state index contributed by atoms with van der Waals surface area (Å²) < 4.78 is 5.34. The van der Waals surface area contributed by atoms with Crippen molar-refractivity contribution in [2.75, 3.05) is 20.1 Å². The Bertz CT molecular complexity index is 641. The number of aliphatic imine (C=N–C) groups is 1. The summed E-state index contributed by atoms with van der Waals surface area (Å²) in [6.07, 6.45) is 2.53. The molecule has 0 fully saturated rings. The van der Waals surface area contributed by atoms with Gasteiger partial charge in [-0.15, -0.1) is 24.0 Å². The maximum Gasteiger partial charge on any atom is 0.191 e. The second-order valence-electron chi connectivity index (χ2n) is 6.84. The van der Waals surface area contributed by atoms with Gasteiger partial charge in [-0.05, 0) is 38.5 Å². The summed E-state index contributed by atoms with van der Waals surface area (Å²) in [5.74, 6) is 1.77. The van der Waals surface area contributed by atoms with E-state index in [1.807, 2.05) is 18.2 Å². The molecular weight excluding hydrogens is 439 g/mol. The predicted octanol–water partition coefficient (Wildman–Crippen LogP) is 3.73. The molecule has 144 valence electrons. The van der Waals surface area contributed by atoms with E-state index in [1.165, 1.54) is 5.56 Å². The fourth-order valence-corrected chi connectivity index (χ4v) is 2.75. The lowest BCUT2D eigenvalue weighted by atomic mass is 10.0. The van der Waals surface area contributed by atoms with Crippen molar-refractivity contribution in [1.82, 2.24) is 16.0 Å². The fraction of sp³-hybridized carbons (Fsp3) is 0.450. The Labute approximate surface area is 174 Å². The summed E-state index contributed by atoms with van der Waals surface area (Å²) in [5.41, 5.74) is 1.21. The van der Waals surface area contributed by atoms with E-state index in [2.05, 4.69) is 66.0 Å². The molecule has 5 nitrogen and oxygen atoms in total. The van der Waals surface area contributed by atoms with Crippen molar-refractivity contribution in [1.29, 1.82) is 0 Å². The smallest absolute Gasteiger partial charge is 0.191 e. The Kier molecular flexibility index (Phi) is 9.72. The van der Waals surface area contributed by atoms with E-state index in [4.69, 9.17) is 4.42 Å². The molecule has 2 rings (SSSR count). The molecule has 1 aromatic carbocycles. The van der Waals surface area contributed by atoms with Crippen LogP contribution in [0.25, 0.3) is 0 Å². The minimum absolute atomic E-state index is 0. The van der Waals surface area contributed by atoms with Crippen LogP contribution in [0.2, 0.25) is 0 Å². The van der Waals surface area contributed by atoms with Crippen LogP contribution in [0.3, 0.4) is 0 Å². The number of nitrogens with zero attached hydrogens (tertiary/aromatic N) is 1. The Balaban J connectivity index is 0.00000338. The third-order valence-corrected chi connectivity index (χ3v) is 4.07. The highest BCUT2D eigenvalue weighted by molar-refractivity contribution is 14.0. The summed E-state index contributed by atoms with van der Waals surface area (Å²) in [7, 11) is 1.79. The van der Waals surface area contributed by atoms with Crippen molar-refractivity contribution in [2.24, 2.45) is 4.99 Å². The number of benzene rings is 1. The molecule has 2 aromatic rings. The highest BCUT2D eigenvalue weighted by Crippen LogP contribution is 2.15. The third kappa shape index (κ3) is 7.78. The Morgan fingerprint density at radius 2 is 1.85 bits per heavy atom. The molecular formula is C20H31IN4O. The van der Waals surface area contributed by atoms with Crippen molar-refractivity contribution < 1.29 is 4.42 Å². The van der Waals surface area contributed by atoms with Gasteiger partial charge in [0.1, 0.15) is 5.76 Å². The first-order valence-electron chi connectivity index (χ1n) is 8.80. The van der Waals surface area contributed by atoms with Gasteiger partial charge < -0.3 is 20.4 Å². The largest absolute Gasteiger partial charge is 0.469 e. The zero-order valence-electron chi connectivity index (χ0n) is 16.1. The predicted molar refractivity (Wildman–Crippen MR) is 119 cm³/mol. The molecule has 26 heavy (non-hydrogen) atoms. The number of halogens is 1. The van der Waals surface area contributed by atoms with Gasteiger partial charge in [-0.3, -0.25) is 4.99 Å². The maximum atomic E-state index is 5.34. The number of furan rings is 1. The lowest BCUT2D eigenvalue weighted by molar-refractivity contribution is 0.345. The highest BCUT2D eigenvalue weighted by atomic mass is 127. The second kappa shape index (κ2) is 11.2. The fourth-order valence-electron chi connectivity index (χ4n) is 2.75. The monoisotopic (exact) mass is 470 g/mol. The van der Waals surface area contributed by atoms with Gasteiger partial charge in [-0.25, -0.2) is 0 Å². The molecule has 6 heteroatoms. The van der Waals surface area contributed by atoms with Crippen LogP contribution in [0.5, 0.6) is 0 Å². The van der Waals surface area contributed by atoms with Gasteiger partial charge in [0, 0.05) is 38.1 Å². The number of hydrogen-bond donors (Lipinski definition) is 3. The van der Waals surface area contributed by atoms with Crippen molar-refractivity contribution in [2.45, 2.75) is 38.8 Å². The van der Waals surface area contributed by atoms with Gasteiger partial charge in [-0.2, -0.15) is 0 Å². The number of rotatable bonds is 8. The van der Waals surface area contributed by atoms with E-state index in [1.54, 1.807) is 13.3 Å². The van der Waals surface area contributed by atoms with Crippen LogP contribution in [0.4, 0.5) is 0 Å². The molecule has 0 amide bonds. The molecule has 1 atom stereocenters. The van der Waals surface area contributed by atoms with Crippen LogP contribution in [-0.4, -0.2) is 31.6 Å². The summed E-state index contributed by atoms with van der Waals surface area (Å²) in [6, 6.07) is 14.7. The van der Waals surface area contributed by atoms with Crippen LogP contribution in [-0.2, 0) is 6.42 Å². The molecule has 0 aliphatic heterocycles. The van der Waals surface area contributed by atoms with Crippen molar-refractivity contribution in [3.05, 3.63) is 60.1 Å². The van der Waals surface area contributed by atoms with Gasteiger partial charge in [0.05, 0.1) is 6.26 Å². The van der Waals surface area contributed by atoms with E-state index >= 15 is 0 Å². The molecule has 1 aromatic heterocycles. The standard InChI is InChI=1S/C20H30N4O.HI/c1-16(17-9-6-5-7-10-17)24-20(2,3)15-23-19(21-4)22-13-12-18-11-8-14-25-18;/h5-11,14,16,24H,12-13,15H2,1-4H3,(H2,21,22,23);1H. The molecule has 1 heterocycles. The van der Waals surface area contributed by atoms with Crippen LogP contribution >= 0.6 is 24.0 Å². The number of guanidine groups is 1. The third-order valence-electron chi connectivity index (χ3n) is 4.07. The average Bonchev–Trinajstić information content (AvgIpc) is 3.11. The number of hydrogen-bond acceptors (Lipinski definition) is 3. The van der Waals surface area contributed by atoms with Gasteiger partial charge in [0.25, 0.3) is 0 Å². The topological polar surface area (TPSA) is 61.6 Å². The molecule has 0 bridgehead atoms. The van der Waals surface area contributed by atoms with Gasteiger partial charge >= 0.3 is 0 Å². The molecule has 1 unspecified atom stereocenters. The summed E-state index contributed by atoms with van der Waals surface area (Å²) >= 11 is 0. The lowest BCUT2D eigenvalue weighted by Gasteiger charge is -2.31. The molecule has 3 N–H and O–H groups in total. The SMILES string of the molecule is CN=C(NCCc1ccco1)NCC(C)(C)NC(C)c1ccccc1.I. The highest BCUT2D eigenvalue weighted by Gasteiger charge is 2.21. The normalized spacial score (nSPS) is 13.0. The lowest BCUT2D eigenvalue weighted by Crippen LogP contribution is -2.52. The average molecular weight is 470 g/mol. The van der Waals surface area contributed by atoms with Crippen LogP contribution in [0.1, 0.15) is 38.1 Å². The Hall–Kier alpha value is -1.54. The van der Waals surface area contributed by atoms with E-state index in [0.717, 1.165) is 31.2 Å². The summed E-state index contributed by atoms with van der Waals surface area (Å²) in [4.78, 5) is 4.28. The van der Waals surface area contributed by atoms with E-state index < -0.39 is 0 Å². The Morgan fingerprint density at radius 3 is 2.46 bits per heavy atom. The molecule has 0 saturated heterocycles. The van der Waals surface area contributed by atoms with Crippen LogP contribution in [0.15, 0.2) is 58.1 Å². The van der Waals surface area contributed by atoms with Crippen molar-refractivity contribution >= 4 is 29.9 Å². The molecule has 0 radical (unpaired) electrons. The molecule has 0 aliphatic carbocycles. The van der Waals surface area contributed by atoms with E-state index in [9.17, 15) is 0 Å². The molecule has 0 aliphatic rings. The quantitative estimate of drug-likeness (QED) is 0.313. The second-order valence-corrected chi connectivity index (χ2v) is 6.84. The van der Waals surface area contributed by atoms with E-state index in [0.29, 0.717) is 0 Å². The van der Waals surface area contributed by atoms with Crippen LogP contribution in [0, 0.1) is 0 Å². The van der Waals surface area contributed by atoms with Gasteiger partial charge in [-0.1, -0.05) is 30.3 Å². The van der Waals surface area contributed by atoms with Crippen LogP contribution < -0.4 is 16.0 Å². The maximum absolute atomic E-state index is 5.34. The van der Waals surface area contributed by atoms with Crippen molar-refractivity contribution in [3.63, 3.8) is 0 Å². The first kappa shape index (κ1) is 22.5. The first-order valence-corrected chi connectivity index (χ1v) is 8.80. The first-order chi connectivity index (χ1) is 12.0. The summed E-state index contributed by atoms with van der Waals surface area (Å²) in [5, 5.41) is 10.4. The van der Waals surface area contributed by atoms with Gasteiger partial charge in [0.2, 0.25) is 0 Å². The minimum Gasteiger partial charge on any atom is -0.469 e. The zero-order chi connectivity index (χ0) is 18.1. The zero-order valence-corrected chi connectivity index (χ0v) is 18.4. The molecule has 0 saturated carbocycles. The minimum atomic E-state index is -0.0755. The van der Waals surface area contributed by atoms with E-state index in [-0.39, 0.29) is 35.6 Å². The van der Waals surface area contributed by atoms with Crippen molar-refractivity contribution in [3.8, 4) is 0 Å². The Morgan fingerprint density at radius 1 is 1.12 bits per heavy atom.